The van der Waals surface area contributed by atoms with Crippen LogP contribution in [0, 0.1) is 6.92 Å². The highest BCUT2D eigenvalue weighted by molar-refractivity contribution is 6.30. The monoisotopic (exact) mass is 571 g/mol. The van der Waals surface area contributed by atoms with Crippen molar-refractivity contribution in [1.29, 1.82) is 0 Å². The predicted molar refractivity (Wildman–Crippen MR) is 156 cm³/mol. The molecule has 5 aromatic rings. The number of halogens is 1. The molecule has 2 saturated heterocycles. The quantitative estimate of drug-likeness (QED) is 0.252. The fraction of sp³-hybridized carbons (Fsp3) is 0.323. The Kier molecular flexibility index (Phi) is 6.54. The van der Waals surface area contributed by atoms with Crippen LogP contribution >= 0.6 is 11.6 Å². The molecule has 3 aromatic heterocycles. The van der Waals surface area contributed by atoms with E-state index in [1.54, 1.807) is 6.33 Å². The zero-order valence-corrected chi connectivity index (χ0v) is 23.7. The first-order valence-corrected chi connectivity index (χ1v) is 14.0. The van der Waals surface area contributed by atoms with Crippen molar-refractivity contribution in [2.75, 3.05) is 11.9 Å². The van der Waals surface area contributed by atoms with Crippen LogP contribution in [0.5, 0.6) is 5.75 Å². The molecular formula is C31H30ClN5O4. The first-order chi connectivity index (χ1) is 19.8. The van der Waals surface area contributed by atoms with Crippen LogP contribution in [0.4, 0.5) is 5.82 Å². The molecule has 10 heteroatoms. The fourth-order valence-corrected chi connectivity index (χ4v) is 5.70. The number of rotatable bonds is 7. The summed E-state index contributed by atoms with van der Waals surface area (Å²) in [5.74, 6) is 0.758. The van der Waals surface area contributed by atoms with Gasteiger partial charge in [-0.25, -0.2) is 15.0 Å². The van der Waals surface area contributed by atoms with Crippen molar-refractivity contribution in [3.63, 3.8) is 0 Å². The van der Waals surface area contributed by atoms with Gasteiger partial charge in [-0.3, -0.25) is 0 Å². The molecule has 41 heavy (non-hydrogen) atoms. The maximum Gasteiger partial charge on any atom is 0.164 e. The highest BCUT2D eigenvalue weighted by Gasteiger charge is 2.56. The van der Waals surface area contributed by atoms with E-state index in [0.717, 1.165) is 44.0 Å². The molecule has 9 nitrogen and oxygen atoms in total. The number of hydrogen-bond donors (Lipinski definition) is 1. The van der Waals surface area contributed by atoms with Gasteiger partial charge in [-0.05, 0) is 68.8 Å². The zero-order chi connectivity index (χ0) is 28.1. The van der Waals surface area contributed by atoms with Gasteiger partial charge in [-0.2, -0.15) is 0 Å². The fourth-order valence-electron chi connectivity index (χ4n) is 5.58. The van der Waals surface area contributed by atoms with Gasteiger partial charge in [0.15, 0.2) is 12.0 Å². The van der Waals surface area contributed by atoms with Crippen LogP contribution in [-0.4, -0.2) is 50.2 Å². The number of fused-ring (bicyclic) bond motifs is 3. The lowest BCUT2D eigenvalue weighted by Gasteiger charge is -2.25. The summed E-state index contributed by atoms with van der Waals surface area (Å²) in [5, 5.41) is 6.11. The minimum Gasteiger partial charge on any atom is -0.491 e. The van der Waals surface area contributed by atoms with E-state index in [4.69, 9.17) is 35.5 Å². The molecule has 0 spiro atoms. The van der Waals surface area contributed by atoms with Gasteiger partial charge in [0.2, 0.25) is 0 Å². The highest BCUT2D eigenvalue weighted by Crippen LogP contribution is 2.44. The lowest BCUT2D eigenvalue weighted by atomic mass is 10.1. The largest absolute Gasteiger partial charge is 0.491 e. The molecule has 2 fully saturated rings. The number of benzene rings is 2. The second kappa shape index (κ2) is 10.3. The molecule has 0 aliphatic carbocycles. The Morgan fingerprint density at radius 1 is 1.00 bits per heavy atom. The molecule has 2 aliphatic heterocycles. The second-order valence-electron chi connectivity index (χ2n) is 10.9. The van der Waals surface area contributed by atoms with E-state index < -0.39 is 12.0 Å². The summed E-state index contributed by atoms with van der Waals surface area (Å²) in [6.45, 7) is 6.76. The van der Waals surface area contributed by atoms with Crippen molar-refractivity contribution in [3.8, 4) is 5.75 Å². The van der Waals surface area contributed by atoms with Gasteiger partial charge in [0.25, 0.3) is 0 Å². The van der Waals surface area contributed by atoms with Crippen molar-refractivity contribution in [2.45, 2.75) is 57.6 Å². The third-order valence-corrected chi connectivity index (χ3v) is 7.82. The molecule has 1 N–H and O–H groups in total. The first kappa shape index (κ1) is 26.2. The van der Waals surface area contributed by atoms with Crippen molar-refractivity contribution >= 4 is 39.4 Å². The number of aryl methyl sites for hydroxylation is 1. The SMILES string of the molecule is Cc1ncnc2c1ccn2[C@@H]1O[C@H](COc2ccc3ccc(NCc4ccc(Cl)cc4)nc3c2)[C@H]2OC(C)(C)O[C@H]21. The minimum atomic E-state index is -0.730. The van der Waals surface area contributed by atoms with Gasteiger partial charge in [0.05, 0.1) is 11.2 Å². The van der Waals surface area contributed by atoms with E-state index in [2.05, 4.69) is 15.3 Å². The van der Waals surface area contributed by atoms with Gasteiger partial charge in [0, 0.05) is 34.6 Å². The first-order valence-electron chi connectivity index (χ1n) is 13.6. The Morgan fingerprint density at radius 3 is 2.66 bits per heavy atom. The number of nitrogens with zero attached hydrogens (tertiary/aromatic N) is 4. The molecule has 2 aromatic carbocycles. The second-order valence-corrected chi connectivity index (χ2v) is 11.3. The Bertz CT molecular complexity index is 1720. The normalized spacial score (nSPS) is 23.2. The molecule has 0 unspecified atom stereocenters. The van der Waals surface area contributed by atoms with Gasteiger partial charge >= 0.3 is 0 Å². The molecular weight excluding hydrogens is 542 g/mol. The summed E-state index contributed by atoms with van der Waals surface area (Å²) in [7, 11) is 0. The average Bonchev–Trinajstić information content (AvgIpc) is 3.62. The van der Waals surface area contributed by atoms with Crippen molar-refractivity contribution in [1.82, 2.24) is 19.5 Å². The summed E-state index contributed by atoms with van der Waals surface area (Å²) >= 11 is 6.00. The number of ether oxygens (including phenoxy) is 4. The van der Waals surface area contributed by atoms with E-state index >= 15 is 0 Å². The smallest absolute Gasteiger partial charge is 0.164 e. The summed E-state index contributed by atoms with van der Waals surface area (Å²) < 4.78 is 27.4. The van der Waals surface area contributed by atoms with Gasteiger partial charge in [-0.15, -0.1) is 0 Å². The maximum absolute atomic E-state index is 6.52. The molecule has 0 amide bonds. The molecule has 2 aliphatic rings. The zero-order valence-electron chi connectivity index (χ0n) is 23.0. The van der Waals surface area contributed by atoms with Crippen LogP contribution in [0.2, 0.25) is 5.02 Å². The summed E-state index contributed by atoms with van der Waals surface area (Å²) in [5.41, 5.74) is 3.68. The van der Waals surface area contributed by atoms with Gasteiger partial charge < -0.3 is 28.8 Å². The van der Waals surface area contributed by atoms with Crippen LogP contribution < -0.4 is 10.1 Å². The standard InChI is InChI=1S/C31H30ClN5O4/c1-18-23-12-13-37(29(23)35-17-34-18)30-28-27(40-31(2,3)41-28)25(39-30)16-38-22-10-6-20-7-11-26(36-24(20)14-22)33-15-19-4-8-21(32)9-5-19/h4-14,17,25,27-28,30H,15-16H2,1-3H3,(H,33,36)/t25-,27-,28-,30-/m1/s1. The number of pyridine rings is 1. The Hall–Kier alpha value is -3.76. The van der Waals surface area contributed by atoms with Gasteiger partial charge in [0.1, 0.15) is 48.5 Å². The molecule has 210 valence electrons. The van der Waals surface area contributed by atoms with E-state index in [-0.39, 0.29) is 18.3 Å². The average molecular weight is 572 g/mol. The minimum absolute atomic E-state index is 0.294. The lowest BCUT2D eigenvalue weighted by Crippen LogP contribution is -2.33. The van der Waals surface area contributed by atoms with E-state index in [0.29, 0.717) is 18.9 Å². The number of aromatic nitrogens is 4. The predicted octanol–water partition coefficient (Wildman–Crippen LogP) is 6.05. The van der Waals surface area contributed by atoms with Crippen LogP contribution in [-0.2, 0) is 20.8 Å². The Balaban J connectivity index is 1.08. The molecule has 5 heterocycles. The third kappa shape index (κ3) is 5.10. The third-order valence-electron chi connectivity index (χ3n) is 7.57. The summed E-state index contributed by atoms with van der Waals surface area (Å²) in [6.07, 6.45) is 2.19. The molecule has 0 saturated carbocycles. The molecule has 4 atom stereocenters. The van der Waals surface area contributed by atoms with Crippen LogP contribution in [0.1, 0.15) is 31.3 Å². The summed E-state index contributed by atoms with van der Waals surface area (Å²) in [4.78, 5) is 13.6. The Morgan fingerprint density at radius 2 is 1.80 bits per heavy atom. The maximum atomic E-state index is 6.52. The Labute approximate surface area is 242 Å². The van der Waals surface area contributed by atoms with E-state index in [1.807, 2.05) is 92.2 Å². The molecule has 7 rings (SSSR count). The molecule has 0 radical (unpaired) electrons. The number of nitrogens with one attached hydrogen (secondary N) is 1. The number of hydrogen-bond acceptors (Lipinski definition) is 8. The van der Waals surface area contributed by atoms with Crippen LogP contribution in [0.3, 0.4) is 0 Å². The highest BCUT2D eigenvalue weighted by atomic mass is 35.5. The van der Waals surface area contributed by atoms with Crippen LogP contribution in [0.25, 0.3) is 21.9 Å². The van der Waals surface area contributed by atoms with Crippen molar-refractivity contribution in [3.05, 3.63) is 89.5 Å². The van der Waals surface area contributed by atoms with Crippen molar-refractivity contribution < 1.29 is 18.9 Å². The van der Waals surface area contributed by atoms with Gasteiger partial charge in [-0.1, -0.05) is 23.7 Å². The van der Waals surface area contributed by atoms with E-state index in [1.165, 1.54) is 0 Å². The topological polar surface area (TPSA) is 92.6 Å². The van der Waals surface area contributed by atoms with E-state index in [9.17, 15) is 0 Å². The van der Waals surface area contributed by atoms with Crippen LogP contribution in [0.15, 0.2) is 73.2 Å². The lowest BCUT2D eigenvalue weighted by molar-refractivity contribution is -0.198. The van der Waals surface area contributed by atoms with Crippen molar-refractivity contribution in [2.24, 2.45) is 0 Å². The summed E-state index contributed by atoms with van der Waals surface area (Å²) in [6, 6.07) is 19.7. The number of anilines is 1. The molecule has 0 bridgehead atoms.